The summed E-state index contributed by atoms with van der Waals surface area (Å²) < 4.78 is 57.3. The van der Waals surface area contributed by atoms with Crippen LogP contribution in [0.3, 0.4) is 0 Å². The number of halogens is 2. The number of nitrogens with two attached hydrogens (primary N) is 1. The van der Waals surface area contributed by atoms with Crippen LogP contribution in [-0.4, -0.2) is 33.5 Å². The van der Waals surface area contributed by atoms with Crippen molar-refractivity contribution in [2.75, 3.05) is 13.1 Å². The van der Waals surface area contributed by atoms with Gasteiger partial charge < -0.3 is 10.5 Å². The highest BCUT2D eigenvalue weighted by Gasteiger charge is 2.29. The normalized spacial score (nSPS) is 12.7. The van der Waals surface area contributed by atoms with E-state index >= 15 is 0 Å². The van der Waals surface area contributed by atoms with Crippen LogP contribution in [0.2, 0.25) is 0 Å². The Kier molecular flexibility index (Phi) is 5.66. The van der Waals surface area contributed by atoms with Gasteiger partial charge in [0.15, 0.2) is 0 Å². The number of nitrogens with one attached hydrogen (secondary N) is 1. The van der Waals surface area contributed by atoms with Crippen molar-refractivity contribution in [1.29, 1.82) is 0 Å². The SMILES string of the molecule is Cc1cc(S(=O)(=O)NCC(F)(F)CN)ccc1OC(C)C. The van der Waals surface area contributed by atoms with Crippen molar-refractivity contribution in [3.05, 3.63) is 23.8 Å². The summed E-state index contributed by atoms with van der Waals surface area (Å²) in [5.41, 5.74) is 5.47. The lowest BCUT2D eigenvalue weighted by Gasteiger charge is -2.16. The van der Waals surface area contributed by atoms with Crippen LogP contribution < -0.4 is 15.2 Å². The Bertz CT molecular complexity index is 589. The van der Waals surface area contributed by atoms with E-state index in [1.54, 1.807) is 6.92 Å². The van der Waals surface area contributed by atoms with E-state index in [1.165, 1.54) is 18.2 Å². The van der Waals surface area contributed by atoms with Gasteiger partial charge in [0.25, 0.3) is 5.92 Å². The summed E-state index contributed by atoms with van der Waals surface area (Å²) in [6.07, 6.45) is -0.0486. The molecule has 120 valence electrons. The van der Waals surface area contributed by atoms with Crippen LogP contribution in [0.5, 0.6) is 5.75 Å². The molecule has 0 aliphatic heterocycles. The van der Waals surface area contributed by atoms with Gasteiger partial charge in [0.1, 0.15) is 5.75 Å². The third kappa shape index (κ3) is 5.22. The minimum Gasteiger partial charge on any atom is -0.491 e. The van der Waals surface area contributed by atoms with Gasteiger partial charge in [-0.1, -0.05) is 0 Å². The van der Waals surface area contributed by atoms with E-state index in [0.717, 1.165) is 0 Å². The molecule has 0 heterocycles. The first-order valence-corrected chi connectivity index (χ1v) is 7.90. The fraction of sp³-hybridized carbons (Fsp3) is 0.538. The maximum Gasteiger partial charge on any atom is 0.273 e. The molecule has 3 N–H and O–H groups in total. The summed E-state index contributed by atoms with van der Waals surface area (Å²) in [5.74, 6) is -2.72. The van der Waals surface area contributed by atoms with Crippen molar-refractivity contribution >= 4 is 10.0 Å². The molecule has 1 aromatic carbocycles. The Morgan fingerprint density at radius 1 is 1.38 bits per heavy atom. The maximum atomic E-state index is 13.0. The zero-order chi connectivity index (χ0) is 16.3. The molecule has 21 heavy (non-hydrogen) atoms. The van der Waals surface area contributed by atoms with Gasteiger partial charge in [0.05, 0.1) is 24.1 Å². The van der Waals surface area contributed by atoms with Crippen molar-refractivity contribution in [3.63, 3.8) is 0 Å². The lowest BCUT2D eigenvalue weighted by Crippen LogP contribution is -2.41. The Morgan fingerprint density at radius 2 is 2.00 bits per heavy atom. The Balaban J connectivity index is 2.92. The number of benzene rings is 1. The van der Waals surface area contributed by atoms with E-state index in [4.69, 9.17) is 10.5 Å². The summed E-state index contributed by atoms with van der Waals surface area (Å²) in [7, 11) is -4.01. The number of hydrogen-bond acceptors (Lipinski definition) is 4. The minimum atomic E-state index is -4.01. The highest BCUT2D eigenvalue weighted by molar-refractivity contribution is 7.89. The van der Waals surface area contributed by atoms with Gasteiger partial charge in [-0.25, -0.2) is 21.9 Å². The van der Waals surface area contributed by atoms with Gasteiger partial charge in [-0.2, -0.15) is 0 Å². The molecule has 0 radical (unpaired) electrons. The molecule has 0 saturated carbocycles. The highest BCUT2D eigenvalue weighted by atomic mass is 32.2. The molecular formula is C13H20F2N2O3S. The molecule has 0 amide bonds. The molecule has 0 spiro atoms. The molecule has 0 aliphatic rings. The quantitative estimate of drug-likeness (QED) is 0.800. The van der Waals surface area contributed by atoms with Crippen molar-refractivity contribution < 1.29 is 21.9 Å². The van der Waals surface area contributed by atoms with E-state index in [0.29, 0.717) is 11.3 Å². The molecule has 0 bridgehead atoms. The molecule has 1 rings (SSSR count). The first kappa shape index (κ1) is 17.8. The molecule has 0 saturated heterocycles. The maximum absolute atomic E-state index is 13.0. The highest BCUT2D eigenvalue weighted by Crippen LogP contribution is 2.23. The van der Waals surface area contributed by atoms with Crippen LogP contribution in [0.1, 0.15) is 19.4 Å². The topological polar surface area (TPSA) is 81.4 Å². The minimum absolute atomic E-state index is 0.0486. The average molecular weight is 322 g/mol. The number of aryl methyl sites for hydroxylation is 1. The van der Waals surface area contributed by atoms with Crippen LogP contribution in [0, 0.1) is 6.92 Å². The second kappa shape index (κ2) is 6.67. The van der Waals surface area contributed by atoms with Gasteiger partial charge in [-0.05, 0) is 44.5 Å². The third-order valence-corrected chi connectivity index (χ3v) is 4.04. The Morgan fingerprint density at radius 3 is 2.48 bits per heavy atom. The van der Waals surface area contributed by atoms with Crippen LogP contribution in [0.4, 0.5) is 8.78 Å². The Hall–Kier alpha value is -1.25. The molecule has 5 nitrogen and oxygen atoms in total. The molecule has 0 fully saturated rings. The summed E-state index contributed by atoms with van der Waals surface area (Å²) >= 11 is 0. The van der Waals surface area contributed by atoms with Crippen molar-refractivity contribution in [2.45, 2.75) is 37.7 Å². The largest absolute Gasteiger partial charge is 0.491 e. The predicted molar refractivity (Wildman–Crippen MR) is 76.1 cm³/mol. The fourth-order valence-corrected chi connectivity index (χ4v) is 2.68. The van der Waals surface area contributed by atoms with Gasteiger partial charge in [-0.3, -0.25) is 0 Å². The van der Waals surface area contributed by atoms with E-state index in [-0.39, 0.29) is 11.0 Å². The van der Waals surface area contributed by atoms with E-state index in [2.05, 4.69) is 0 Å². The van der Waals surface area contributed by atoms with E-state index < -0.39 is 29.0 Å². The number of alkyl halides is 2. The standard InChI is InChI=1S/C13H20F2N2O3S/c1-9(2)20-12-5-4-11(6-10(12)3)21(18,19)17-8-13(14,15)7-16/h4-6,9,17H,7-8,16H2,1-3H3. The van der Waals surface area contributed by atoms with E-state index in [9.17, 15) is 17.2 Å². The number of sulfonamides is 1. The Labute approximate surface area is 123 Å². The van der Waals surface area contributed by atoms with Crippen molar-refractivity contribution in [2.24, 2.45) is 5.73 Å². The number of ether oxygens (including phenoxy) is 1. The van der Waals surface area contributed by atoms with Crippen molar-refractivity contribution in [1.82, 2.24) is 4.72 Å². The summed E-state index contributed by atoms with van der Waals surface area (Å²) in [5, 5.41) is 0. The van der Waals surface area contributed by atoms with Gasteiger partial charge >= 0.3 is 0 Å². The predicted octanol–water partition coefficient (Wildman–Crippen LogP) is 1.65. The molecular weight excluding hydrogens is 302 g/mol. The van der Waals surface area contributed by atoms with Crippen LogP contribution in [-0.2, 0) is 10.0 Å². The average Bonchev–Trinajstić information content (AvgIpc) is 2.38. The number of hydrogen-bond donors (Lipinski definition) is 2. The zero-order valence-electron chi connectivity index (χ0n) is 12.2. The van der Waals surface area contributed by atoms with Crippen LogP contribution >= 0.6 is 0 Å². The molecule has 8 heteroatoms. The second-order valence-corrected chi connectivity index (χ2v) is 6.75. The summed E-state index contributed by atoms with van der Waals surface area (Å²) in [4.78, 5) is -0.0936. The zero-order valence-corrected chi connectivity index (χ0v) is 13.0. The molecule has 0 aromatic heterocycles. The molecule has 0 aliphatic carbocycles. The molecule has 0 unspecified atom stereocenters. The summed E-state index contributed by atoms with van der Waals surface area (Å²) in [6.45, 7) is 3.43. The lowest BCUT2D eigenvalue weighted by atomic mass is 10.2. The van der Waals surface area contributed by atoms with Crippen LogP contribution in [0.15, 0.2) is 23.1 Å². The fourth-order valence-electron chi connectivity index (χ4n) is 1.53. The lowest BCUT2D eigenvalue weighted by molar-refractivity contribution is 0.0170. The summed E-state index contributed by atoms with van der Waals surface area (Å²) in [6, 6.07) is 4.19. The first-order valence-electron chi connectivity index (χ1n) is 6.42. The molecule has 0 atom stereocenters. The second-order valence-electron chi connectivity index (χ2n) is 4.98. The first-order chi connectivity index (χ1) is 9.57. The number of rotatable bonds is 7. The third-order valence-electron chi connectivity index (χ3n) is 2.64. The monoisotopic (exact) mass is 322 g/mol. The van der Waals surface area contributed by atoms with Crippen LogP contribution in [0.25, 0.3) is 0 Å². The van der Waals surface area contributed by atoms with Crippen molar-refractivity contribution in [3.8, 4) is 5.75 Å². The van der Waals surface area contributed by atoms with Gasteiger partial charge in [0.2, 0.25) is 10.0 Å². The smallest absolute Gasteiger partial charge is 0.273 e. The van der Waals surface area contributed by atoms with E-state index in [1.807, 2.05) is 18.6 Å². The van der Waals surface area contributed by atoms with Gasteiger partial charge in [0, 0.05) is 0 Å². The van der Waals surface area contributed by atoms with Gasteiger partial charge in [-0.15, -0.1) is 0 Å². The molecule has 1 aromatic rings.